The van der Waals surface area contributed by atoms with E-state index in [0.29, 0.717) is 18.5 Å². The first kappa shape index (κ1) is 13.8. The first-order chi connectivity index (χ1) is 9.84. The molecular formula is C16H18N2O3. The number of imide groups is 1. The van der Waals surface area contributed by atoms with E-state index in [4.69, 9.17) is 0 Å². The van der Waals surface area contributed by atoms with E-state index in [1.807, 2.05) is 26.0 Å². The lowest BCUT2D eigenvalue weighted by atomic mass is 9.89. The van der Waals surface area contributed by atoms with Gasteiger partial charge in [0.05, 0.1) is 0 Å². The van der Waals surface area contributed by atoms with Crippen LogP contribution < -0.4 is 5.32 Å². The van der Waals surface area contributed by atoms with Gasteiger partial charge in [0, 0.05) is 18.5 Å². The maximum absolute atomic E-state index is 12.8. The number of carbonyl (C=O) groups is 3. The number of aryl methyl sites for hydroxylation is 2. The molecule has 1 N–H and O–H groups in total. The van der Waals surface area contributed by atoms with Gasteiger partial charge in [0.1, 0.15) is 5.54 Å². The predicted octanol–water partition coefficient (Wildman–Crippen LogP) is 1.45. The van der Waals surface area contributed by atoms with E-state index >= 15 is 0 Å². The maximum atomic E-state index is 12.8. The molecule has 1 saturated heterocycles. The minimum atomic E-state index is -0.955. The number of hydrogen-bond donors (Lipinski definition) is 1. The van der Waals surface area contributed by atoms with Gasteiger partial charge in [0.15, 0.2) is 0 Å². The summed E-state index contributed by atoms with van der Waals surface area (Å²) in [5, 5.41) is 2.35. The highest BCUT2D eigenvalue weighted by atomic mass is 16.2. The van der Waals surface area contributed by atoms with Crippen molar-refractivity contribution in [2.24, 2.45) is 0 Å². The standard InChI is InChI=1S/C16H18N2O3/c1-9-4-5-10(2)13-11(9)8-18(14(13)20)16(3)7-6-12(19)17-15(16)21/h4-5H,6-8H2,1-3H3,(H,17,19,21)/t16-/m0/s1. The number of carbonyl (C=O) groups excluding carboxylic acids is 3. The predicted molar refractivity (Wildman–Crippen MR) is 76.6 cm³/mol. The highest BCUT2D eigenvalue weighted by molar-refractivity contribution is 6.07. The molecule has 2 heterocycles. The third-order valence-corrected chi connectivity index (χ3v) is 4.71. The fourth-order valence-electron chi connectivity index (χ4n) is 3.19. The van der Waals surface area contributed by atoms with Crippen molar-refractivity contribution in [3.8, 4) is 0 Å². The largest absolute Gasteiger partial charge is 0.320 e. The van der Waals surface area contributed by atoms with Crippen LogP contribution >= 0.6 is 0 Å². The monoisotopic (exact) mass is 286 g/mol. The van der Waals surface area contributed by atoms with Gasteiger partial charge in [0.25, 0.3) is 11.8 Å². The van der Waals surface area contributed by atoms with E-state index < -0.39 is 5.54 Å². The molecule has 3 rings (SSSR count). The molecule has 5 heteroatoms. The molecule has 5 nitrogen and oxygen atoms in total. The Bertz CT molecular complexity index is 680. The van der Waals surface area contributed by atoms with Crippen LogP contribution in [-0.2, 0) is 16.1 Å². The van der Waals surface area contributed by atoms with Crippen molar-refractivity contribution in [1.29, 1.82) is 0 Å². The lowest BCUT2D eigenvalue weighted by molar-refractivity contribution is -0.142. The summed E-state index contributed by atoms with van der Waals surface area (Å²) in [6.45, 7) is 6.05. The average Bonchev–Trinajstić information content (AvgIpc) is 2.79. The Kier molecular flexibility index (Phi) is 2.90. The minimum absolute atomic E-state index is 0.113. The van der Waals surface area contributed by atoms with Gasteiger partial charge in [-0.15, -0.1) is 0 Å². The van der Waals surface area contributed by atoms with Crippen molar-refractivity contribution in [2.75, 3.05) is 0 Å². The van der Waals surface area contributed by atoms with Crippen molar-refractivity contribution in [3.05, 3.63) is 34.4 Å². The second-order valence-corrected chi connectivity index (χ2v) is 6.10. The zero-order valence-corrected chi connectivity index (χ0v) is 12.4. The molecule has 0 unspecified atom stereocenters. The first-order valence-electron chi connectivity index (χ1n) is 7.10. The SMILES string of the molecule is Cc1ccc(C)c2c1CN([C@@]1(C)CCC(=O)NC1=O)C2=O. The molecule has 0 spiro atoms. The summed E-state index contributed by atoms with van der Waals surface area (Å²) in [6, 6.07) is 3.93. The molecule has 1 atom stereocenters. The number of rotatable bonds is 1. The van der Waals surface area contributed by atoms with E-state index in [2.05, 4.69) is 5.32 Å². The van der Waals surface area contributed by atoms with Gasteiger partial charge in [-0.1, -0.05) is 12.1 Å². The second-order valence-electron chi connectivity index (χ2n) is 6.10. The number of nitrogens with zero attached hydrogens (tertiary/aromatic N) is 1. The molecule has 2 aliphatic heterocycles. The Morgan fingerprint density at radius 1 is 1.14 bits per heavy atom. The van der Waals surface area contributed by atoms with Crippen molar-refractivity contribution in [2.45, 2.75) is 45.7 Å². The number of piperidine rings is 1. The van der Waals surface area contributed by atoms with Gasteiger partial charge in [-0.2, -0.15) is 0 Å². The molecular weight excluding hydrogens is 268 g/mol. The first-order valence-corrected chi connectivity index (χ1v) is 7.10. The maximum Gasteiger partial charge on any atom is 0.255 e. The Morgan fingerprint density at radius 3 is 2.43 bits per heavy atom. The van der Waals surface area contributed by atoms with Gasteiger partial charge in [-0.25, -0.2) is 0 Å². The van der Waals surface area contributed by atoms with Crippen LogP contribution in [0.1, 0.15) is 46.8 Å². The van der Waals surface area contributed by atoms with Crippen LogP contribution in [-0.4, -0.2) is 28.2 Å². The Balaban J connectivity index is 2.02. The molecule has 3 amide bonds. The summed E-state index contributed by atoms with van der Waals surface area (Å²) < 4.78 is 0. The summed E-state index contributed by atoms with van der Waals surface area (Å²) in [5.41, 5.74) is 2.73. The van der Waals surface area contributed by atoms with Crippen molar-refractivity contribution >= 4 is 17.7 Å². The van der Waals surface area contributed by atoms with Crippen LogP contribution in [0.15, 0.2) is 12.1 Å². The highest BCUT2D eigenvalue weighted by Crippen LogP contribution is 2.36. The van der Waals surface area contributed by atoms with Gasteiger partial charge in [-0.05, 0) is 43.9 Å². The quantitative estimate of drug-likeness (QED) is 0.795. The number of fused-ring (bicyclic) bond motifs is 1. The van der Waals surface area contributed by atoms with Gasteiger partial charge in [0.2, 0.25) is 5.91 Å². The summed E-state index contributed by atoms with van der Waals surface area (Å²) in [5.74, 6) is -0.762. The fourth-order valence-corrected chi connectivity index (χ4v) is 3.19. The molecule has 0 radical (unpaired) electrons. The summed E-state index contributed by atoms with van der Waals surface area (Å²) in [6.07, 6.45) is 0.635. The smallest absolute Gasteiger partial charge is 0.255 e. The molecule has 1 aromatic carbocycles. The van der Waals surface area contributed by atoms with Crippen molar-refractivity contribution in [1.82, 2.24) is 10.2 Å². The van der Waals surface area contributed by atoms with Crippen LogP contribution in [0.5, 0.6) is 0 Å². The summed E-state index contributed by atoms with van der Waals surface area (Å²) in [7, 11) is 0. The van der Waals surface area contributed by atoms with Crippen LogP contribution in [0.25, 0.3) is 0 Å². The summed E-state index contributed by atoms with van der Waals surface area (Å²) >= 11 is 0. The Hall–Kier alpha value is -2.17. The number of benzene rings is 1. The van der Waals surface area contributed by atoms with E-state index in [1.165, 1.54) is 0 Å². The lowest BCUT2D eigenvalue weighted by Gasteiger charge is -2.39. The van der Waals surface area contributed by atoms with Crippen LogP contribution in [0, 0.1) is 13.8 Å². The molecule has 110 valence electrons. The van der Waals surface area contributed by atoms with Crippen molar-refractivity contribution in [3.63, 3.8) is 0 Å². The Labute approximate surface area is 123 Å². The third kappa shape index (κ3) is 1.87. The summed E-state index contributed by atoms with van der Waals surface area (Å²) in [4.78, 5) is 38.0. The zero-order valence-electron chi connectivity index (χ0n) is 12.4. The molecule has 1 aromatic rings. The van der Waals surface area contributed by atoms with E-state index in [1.54, 1.807) is 11.8 Å². The lowest BCUT2D eigenvalue weighted by Crippen LogP contribution is -2.61. The van der Waals surface area contributed by atoms with Crippen LogP contribution in [0.2, 0.25) is 0 Å². The van der Waals surface area contributed by atoms with E-state index in [-0.39, 0.29) is 24.1 Å². The molecule has 0 bridgehead atoms. The zero-order chi connectivity index (χ0) is 15.4. The average molecular weight is 286 g/mol. The van der Waals surface area contributed by atoms with Crippen molar-refractivity contribution < 1.29 is 14.4 Å². The Morgan fingerprint density at radius 2 is 1.81 bits per heavy atom. The van der Waals surface area contributed by atoms with Crippen LogP contribution in [0.4, 0.5) is 0 Å². The molecule has 21 heavy (non-hydrogen) atoms. The molecule has 0 aromatic heterocycles. The topological polar surface area (TPSA) is 66.5 Å². The number of hydrogen-bond acceptors (Lipinski definition) is 3. The van der Waals surface area contributed by atoms with E-state index in [0.717, 1.165) is 16.7 Å². The molecule has 0 saturated carbocycles. The van der Waals surface area contributed by atoms with E-state index in [9.17, 15) is 14.4 Å². The molecule has 0 aliphatic carbocycles. The van der Waals surface area contributed by atoms with Gasteiger partial charge < -0.3 is 4.90 Å². The second kappa shape index (κ2) is 4.41. The number of nitrogens with one attached hydrogen (secondary N) is 1. The van der Waals surface area contributed by atoms with Crippen LogP contribution in [0.3, 0.4) is 0 Å². The number of amides is 3. The van der Waals surface area contributed by atoms with Gasteiger partial charge >= 0.3 is 0 Å². The minimum Gasteiger partial charge on any atom is -0.320 e. The van der Waals surface area contributed by atoms with Gasteiger partial charge in [-0.3, -0.25) is 19.7 Å². The molecule has 2 aliphatic rings. The normalized spacial score (nSPS) is 25.1. The molecule has 1 fully saturated rings. The highest BCUT2D eigenvalue weighted by Gasteiger charge is 2.48. The third-order valence-electron chi connectivity index (χ3n) is 4.71. The fraction of sp³-hybridized carbons (Fsp3) is 0.438.